The summed E-state index contributed by atoms with van der Waals surface area (Å²) in [5.74, 6) is 0. The van der Waals surface area contributed by atoms with E-state index in [2.05, 4.69) is 4.98 Å². The van der Waals surface area contributed by atoms with E-state index in [1.54, 1.807) is 6.07 Å². The Morgan fingerprint density at radius 3 is 2.64 bits per heavy atom. The number of aromatic amines is 1. The zero-order valence-electron chi connectivity index (χ0n) is 8.22. The van der Waals surface area contributed by atoms with Crippen molar-refractivity contribution < 1.29 is 0 Å². The van der Waals surface area contributed by atoms with Crippen LogP contribution in [0.5, 0.6) is 0 Å². The minimum Gasteiger partial charge on any atom is -0.399 e. The highest BCUT2D eigenvalue weighted by atomic mass is 16.1. The lowest BCUT2D eigenvalue weighted by Crippen LogP contribution is -2.11. The standard InChI is InChI=1S/C11H12N2O/c1-6-7(2)11(14)13-10-5-8(12)3-4-9(6)10/h3-5H,12H2,1-2H3,(H,13,14). The predicted molar refractivity (Wildman–Crippen MR) is 58.5 cm³/mol. The number of nitrogens with one attached hydrogen (secondary N) is 1. The van der Waals surface area contributed by atoms with Gasteiger partial charge < -0.3 is 10.7 Å². The van der Waals surface area contributed by atoms with Gasteiger partial charge in [0.15, 0.2) is 0 Å². The van der Waals surface area contributed by atoms with E-state index in [1.807, 2.05) is 26.0 Å². The van der Waals surface area contributed by atoms with E-state index in [-0.39, 0.29) is 5.56 Å². The Kier molecular flexibility index (Phi) is 1.81. The first-order chi connectivity index (χ1) is 6.59. The highest BCUT2D eigenvalue weighted by molar-refractivity contribution is 5.85. The molecular formula is C11H12N2O. The van der Waals surface area contributed by atoms with Crippen LogP contribution in [-0.4, -0.2) is 4.98 Å². The second kappa shape index (κ2) is 2.87. The molecule has 0 atom stereocenters. The monoisotopic (exact) mass is 188 g/mol. The first-order valence-corrected chi connectivity index (χ1v) is 4.48. The summed E-state index contributed by atoms with van der Waals surface area (Å²) in [5.41, 5.74) is 8.85. The number of rotatable bonds is 0. The van der Waals surface area contributed by atoms with Gasteiger partial charge in [0, 0.05) is 16.6 Å². The number of hydrogen-bond donors (Lipinski definition) is 2. The van der Waals surface area contributed by atoms with E-state index in [0.29, 0.717) is 5.69 Å². The van der Waals surface area contributed by atoms with Crippen LogP contribution >= 0.6 is 0 Å². The van der Waals surface area contributed by atoms with Gasteiger partial charge in [-0.1, -0.05) is 6.07 Å². The molecule has 0 aliphatic rings. The van der Waals surface area contributed by atoms with E-state index in [0.717, 1.165) is 22.0 Å². The van der Waals surface area contributed by atoms with Crippen molar-refractivity contribution in [1.82, 2.24) is 4.98 Å². The fourth-order valence-electron chi connectivity index (χ4n) is 1.58. The SMILES string of the molecule is Cc1c(C)c2ccc(N)cc2[nH]c1=O. The molecule has 0 amide bonds. The maximum absolute atomic E-state index is 11.5. The van der Waals surface area contributed by atoms with Crippen molar-refractivity contribution >= 4 is 16.6 Å². The molecule has 14 heavy (non-hydrogen) atoms. The summed E-state index contributed by atoms with van der Waals surface area (Å²) in [6, 6.07) is 5.55. The summed E-state index contributed by atoms with van der Waals surface area (Å²) in [6.07, 6.45) is 0. The van der Waals surface area contributed by atoms with Gasteiger partial charge in [0.05, 0.1) is 5.52 Å². The van der Waals surface area contributed by atoms with Crippen LogP contribution in [0.1, 0.15) is 11.1 Å². The molecule has 0 aliphatic carbocycles. The van der Waals surface area contributed by atoms with Gasteiger partial charge in [0.1, 0.15) is 0 Å². The number of benzene rings is 1. The Hall–Kier alpha value is -1.77. The lowest BCUT2D eigenvalue weighted by molar-refractivity contribution is 1.20. The van der Waals surface area contributed by atoms with Gasteiger partial charge in [-0.15, -0.1) is 0 Å². The molecule has 3 heteroatoms. The van der Waals surface area contributed by atoms with Gasteiger partial charge in [0.2, 0.25) is 0 Å². The maximum Gasteiger partial charge on any atom is 0.251 e. The summed E-state index contributed by atoms with van der Waals surface area (Å²) < 4.78 is 0. The van der Waals surface area contributed by atoms with Crippen LogP contribution in [0.15, 0.2) is 23.0 Å². The highest BCUT2D eigenvalue weighted by Gasteiger charge is 2.04. The van der Waals surface area contributed by atoms with Crippen LogP contribution < -0.4 is 11.3 Å². The van der Waals surface area contributed by atoms with Crippen molar-refractivity contribution in [3.63, 3.8) is 0 Å². The van der Waals surface area contributed by atoms with Crippen molar-refractivity contribution in [3.8, 4) is 0 Å². The minimum atomic E-state index is -0.0411. The third-order valence-electron chi connectivity index (χ3n) is 2.60. The molecule has 3 N–H and O–H groups in total. The molecule has 1 aromatic carbocycles. The average Bonchev–Trinajstić information content (AvgIpc) is 2.14. The minimum absolute atomic E-state index is 0.0411. The molecule has 3 nitrogen and oxygen atoms in total. The van der Waals surface area contributed by atoms with Crippen LogP contribution in [0.2, 0.25) is 0 Å². The number of aromatic nitrogens is 1. The third-order valence-corrected chi connectivity index (χ3v) is 2.60. The molecule has 2 aromatic rings. The molecule has 0 saturated heterocycles. The zero-order valence-corrected chi connectivity index (χ0v) is 8.22. The van der Waals surface area contributed by atoms with E-state index < -0.39 is 0 Å². The fourth-order valence-corrected chi connectivity index (χ4v) is 1.58. The summed E-state index contributed by atoms with van der Waals surface area (Å²) in [7, 11) is 0. The number of anilines is 1. The summed E-state index contributed by atoms with van der Waals surface area (Å²) in [6.45, 7) is 3.77. The van der Waals surface area contributed by atoms with Crippen LogP contribution in [-0.2, 0) is 0 Å². The molecule has 1 heterocycles. The molecule has 0 unspecified atom stereocenters. The Morgan fingerprint density at radius 1 is 1.21 bits per heavy atom. The van der Waals surface area contributed by atoms with Crippen LogP contribution in [0.3, 0.4) is 0 Å². The summed E-state index contributed by atoms with van der Waals surface area (Å²) >= 11 is 0. The van der Waals surface area contributed by atoms with Gasteiger partial charge in [-0.2, -0.15) is 0 Å². The second-order valence-corrected chi connectivity index (χ2v) is 3.51. The lowest BCUT2D eigenvalue weighted by Gasteiger charge is -2.05. The van der Waals surface area contributed by atoms with Crippen molar-refractivity contribution in [3.05, 3.63) is 39.7 Å². The van der Waals surface area contributed by atoms with Crippen molar-refractivity contribution in [2.45, 2.75) is 13.8 Å². The fraction of sp³-hybridized carbons (Fsp3) is 0.182. The molecule has 0 bridgehead atoms. The largest absolute Gasteiger partial charge is 0.399 e. The quantitative estimate of drug-likeness (QED) is 0.618. The molecule has 1 aromatic heterocycles. The zero-order chi connectivity index (χ0) is 10.3. The smallest absolute Gasteiger partial charge is 0.251 e. The third kappa shape index (κ3) is 1.18. The number of aryl methyl sites for hydroxylation is 1. The molecule has 72 valence electrons. The van der Waals surface area contributed by atoms with Crippen molar-refractivity contribution in [2.75, 3.05) is 5.73 Å². The predicted octanol–water partition coefficient (Wildman–Crippen LogP) is 1.73. The number of fused-ring (bicyclic) bond motifs is 1. The van der Waals surface area contributed by atoms with Gasteiger partial charge in [-0.3, -0.25) is 4.79 Å². The maximum atomic E-state index is 11.5. The molecule has 0 spiro atoms. The van der Waals surface area contributed by atoms with E-state index >= 15 is 0 Å². The topological polar surface area (TPSA) is 58.9 Å². The number of H-pyrrole nitrogens is 1. The molecule has 0 fully saturated rings. The van der Waals surface area contributed by atoms with Gasteiger partial charge in [-0.05, 0) is 31.5 Å². The normalized spacial score (nSPS) is 10.7. The average molecular weight is 188 g/mol. The summed E-state index contributed by atoms with van der Waals surface area (Å²) in [4.78, 5) is 14.3. The molecule has 0 saturated carbocycles. The van der Waals surface area contributed by atoms with Crippen LogP contribution in [0, 0.1) is 13.8 Å². The first kappa shape index (κ1) is 8.81. The Morgan fingerprint density at radius 2 is 1.93 bits per heavy atom. The Labute approximate surface area is 81.6 Å². The molecular weight excluding hydrogens is 176 g/mol. The Balaban J connectivity index is 2.98. The lowest BCUT2D eigenvalue weighted by atomic mass is 10.1. The second-order valence-electron chi connectivity index (χ2n) is 3.51. The number of nitrogens with two attached hydrogens (primary N) is 1. The van der Waals surface area contributed by atoms with Crippen LogP contribution in [0.25, 0.3) is 10.9 Å². The van der Waals surface area contributed by atoms with Crippen molar-refractivity contribution in [1.29, 1.82) is 0 Å². The molecule has 0 aliphatic heterocycles. The molecule has 2 rings (SSSR count). The highest BCUT2D eigenvalue weighted by Crippen LogP contribution is 2.18. The van der Waals surface area contributed by atoms with Crippen LogP contribution in [0.4, 0.5) is 5.69 Å². The number of pyridine rings is 1. The number of hydrogen-bond acceptors (Lipinski definition) is 2. The van der Waals surface area contributed by atoms with Gasteiger partial charge in [0.25, 0.3) is 5.56 Å². The van der Waals surface area contributed by atoms with E-state index in [4.69, 9.17) is 5.73 Å². The number of nitrogen functional groups attached to an aromatic ring is 1. The van der Waals surface area contributed by atoms with Gasteiger partial charge in [-0.25, -0.2) is 0 Å². The van der Waals surface area contributed by atoms with E-state index in [9.17, 15) is 4.79 Å². The Bertz CT molecular complexity index is 555. The molecule has 0 radical (unpaired) electrons. The van der Waals surface area contributed by atoms with E-state index in [1.165, 1.54) is 0 Å². The van der Waals surface area contributed by atoms with Gasteiger partial charge >= 0.3 is 0 Å². The van der Waals surface area contributed by atoms with Crippen molar-refractivity contribution in [2.24, 2.45) is 0 Å². The first-order valence-electron chi connectivity index (χ1n) is 4.48. The summed E-state index contributed by atoms with van der Waals surface area (Å²) in [5, 5.41) is 1.05.